The van der Waals surface area contributed by atoms with Crippen LogP contribution in [0.25, 0.3) is 11.0 Å². The van der Waals surface area contributed by atoms with Crippen LogP contribution in [0.15, 0.2) is 12.1 Å². The Labute approximate surface area is 120 Å². The molecule has 0 bridgehead atoms. The minimum absolute atomic E-state index is 0.305. The Morgan fingerprint density at radius 2 is 2.00 bits per heavy atom. The number of nitrogens with one attached hydrogen (secondary N) is 2. The molecule has 1 heterocycles. The van der Waals surface area contributed by atoms with Crippen molar-refractivity contribution in [1.29, 1.82) is 0 Å². The van der Waals surface area contributed by atoms with Crippen molar-refractivity contribution in [3.05, 3.63) is 29.6 Å². The first-order valence-corrected chi connectivity index (χ1v) is 6.55. The van der Waals surface area contributed by atoms with Crippen LogP contribution in [0.2, 0.25) is 0 Å². The van der Waals surface area contributed by atoms with Crippen molar-refractivity contribution < 1.29 is 18.3 Å². The van der Waals surface area contributed by atoms with E-state index >= 15 is 0 Å². The summed E-state index contributed by atoms with van der Waals surface area (Å²) < 4.78 is 31.2. The van der Waals surface area contributed by atoms with Crippen LogP contribution >= 0.6 is 0 Å². The molecule has 2 N–H and O–H groups in total. The third-order valence-corrected chi connectivity index (χ3v) is 2.60. The highest BCUT2D eigenvalue weighted by Crippen LogP contribution is 2.16. The number of H-pyrrole nitrogens is 1. The zero-order valence-electron chi connectivity index (χ0n) is 12.1. The molecular weight excluding hydrogens is 280 g/mol. The topological polar surface area (TPSA) is 67.0 Å². The molecule has 0 fully saturated rings. The van der Waals surface area contributed by atoms with Crippen LogP contribution < -0.4 is 5.32 Å². The fourth-order valence-electron chi connectivity index (χ4n) is 1.77. The number of aromatic amines is 1. The molecule has 0 aliphatic carbocycles. The van der Waals surface area contributed by atoms with Gasteiger partial charge in [0.1, 0.15) is 11.4 Å². The minimum atomic E-state index is -0.938. The molecule has 0 spiro atoms. The lowest BCUT2D eigenvalue weighted by Crippen LogP contribution is -2.33. The van der Waals surface area contributed by atoms with Crippen molar-refractivity contribution in [2.75, 3.05) is 6.54 Å². The maximum atomic E-state index is 13.1. The van der Waals surface area contributed by atoms with Gasteiger partial charge in [-0.25, -0.2) is 18.6 Å². The van der Waals surface area contributed by atoms with Crippen LogP contribution in [0.4, 0.5) is 13.6 Å². The lowest BCUT2D eigenvalue weighted by atomic mass is 10.2. The number of aromatic nitrogens is 2. The molecule has 0 aliphatic heterocycles. The van der Waals surface area contributed by atoms with Crippen molar-refractivity contribution in [3.8, 4) is 0 Å². The highest BCUT2D eigenvalue weighted by Gasteiger charge is 2.15. The van der Waals surface area contributed by atoms with Crippen molar-refractivity contribution in [2.45, 2.75) is 32.8 Å². The van der Waals surface area contributed by atoms with Crippen LogP contribution in [0.5, 0.6) is 0 Å². The summed E-state index contributed by atoms with van der Waals surface area (Å²) >= 11 is 0. The largest absolute Gasteiger partial charge is 0.444 e. The summed E-state index contributed by atoms with van der Waals surface area (Å²) in [5.74, 6) is -1.33. The van der Waals surface area contributed by atoms with Crippen LogP contribution in [0.3, 0.4) is 0 Å². The van der Waals surface area contributed by atoms with E-state index in [9.17, 15) is 13.6 Å². The molecule has 0 saturated carbocycles. The van der Waals surface area contributed by atoms with E-state index in [0.29, 0.717) is 29.8 Å². The molecule has 21 heavy (non-hydrogen) atoms. The second-order valence-corrected chi connectivity index (χ2v) is 5.65. The summed E-state index contributed by atoms with van der Waals surface area (Å²) in [4.78, 5) is 18.5. The Morgan fingerprint density at radius 3 is 2.67 bits per heavy atom. The lowest BCUT2D eigenvalue weighted by molar-refractivity contribution is 0.0528. The van der Waals surface area contributed by atoms with Crippen LogP contribution in [-0.2, 0) is 11.2 Å². The summed E-state index contributed by atoms with van der Waals surface area (Å²) in [5, 5.41) is 2.59. The Balaban J connectivity index is 1.94. The SMILES string of the molecule is CC(C)(C)OC(=O)NCCc1nc2cc(F)c(F)cc2[nH]1. The Kier molecular flexibility index (Phi) is 4.11. The van der Waals surface area contributed by atoms with E-state index in [4.69, 9.17) is 4.74 Å². The van der Waals surface area contributed by atoms with Crippen LogP contribution in [-0.4, -0.2) is 28.2 Å². The monoisotopic (exact) mass is 297 g/mol. The molecule has 7 heteroatoms. The van der Waals surface area contributed by atoms with E-state index in [2.05, 4.69) is 15.3 Å². The highest BCUT2D eigenvalue weighted by atomic mass is 19.2. The molecule has 0 radical (unpaired) electrons. The fraction of sp³-hybridized carbons (Fsp3) is 0.429. The minimum Gasteiger partial charge on any atom is -0.444 e. The van der Waals surface area contributed by atoms with Gasteiger partial charge in [0.25, 0.3) is 0 Å². The second kappa shape index (κ2) is 5.67. The number of carbonyl (C=O) groups excluding carboxylic acids is 1. The van der Waals surface area contributed by atoms with E-state index in [0.717, 1.165) is 12.1 Å². The van der Waals surface area contributed by atoms with Gasteiger partial charge in [-0.15, -0.1) is 0 Å². The van der Waals surface area contributed by atoms with Gasteiger partial charge in [-0.1, -0.05) is 0 Å². The molecule has 2 aromatic rings. The Bertz CT molecular complexity index is 623. The number of hydrogen-bond acceptors (Lipinski definition) is 3. The van der Waals surface area contributed by atoms with Gasteiger partial charge < -0.3 is 15.0 Å². The molecule has 1 aromatic carbocycles. The summed E-state index contributed by atoms with van der Waals surface area (Å²) in [6.45, 7) is 5.62. The molecule has 1 amide bonds. The molecular formula is C14H17F2N3O2. The van der Waals surface area contributed by atoms with Crippen molar-refractivity contribution in [3.63, 3.8) is 0 Å². The Morgan fingerprint density at radius 1 is 1.33 bits per heavy atom. The van der Waals surface area contributed by atoms with Gasteiger partial charge in [-0.2, -0.15) is 0 Å². The lowest BCUT2D eigenvalue weighted by Gasteiger charge is -2.19. The predicted molar refractivity (Wildman–Crippen MR) is 74.0 cm³/mol. The van der Waals surface area contributed by atoms with E-state index in [-0.39, 0.29) is 0 Å². The summed E-state index contributed by atoms with van der Waals surface area (Å²) in [5.41, 5.74) is 0.209. The third kappa shape index (κ3) is 4.14. The van der Waals surface area contributed by atoms with E-state index in [1.54, 1.807) is 20.8 Å². The molecule has 2 rings (SSSR count). The van der Waals surface area contributed by atoms with Gasteiger partial charge >= 0.3 is 6.09 Å². The summed E-state index contributed by atoms with van der Waals surface area (Å²) in [6, 6.07) is 2.09. The summed E-state index contributed by atoms with van der Waals surface area (Å²) in [7, 11) is 0. The quantitative estimate of drug-likeness (QED) is 0.915. The molecule has 0 aliphatic rings. The van der Waals surface area contributed by atoms with Crippen molar-refractivity contribution >= 4 is 17.1 Å². The maximum absolute atomic E-state index is 13.1. The fourth-order valence-corrected chi connectivity index (χ4v) is 1.77. The van der Waals surface area contributed by atoms with Crippen LogP contribution in [0.1, 0.15) is 26.6 Å². The van der Waals surface area contributed by atoms with Gasteiger partial charge in [0.2, 0.25) is 0 Å². The molecule has 0 saturated heterocycles. The number of halogens is 2. The smallest absolute Gasteiger partial charge is 0.407 e. The number of amides is 1. The number of benzene rings is 1. The molecule has 5 nitrogen and oxygen atoms in total. The van der Waals surface area contributed by atoms with Gasteiger partial charge in [0.15, 0.2) is 11.6 Å². The number of rotatable bonds is 3. The number of nitrogens with zero attached hydrogens (tertiary/aromatic N) is 1. The zero-order chi connectivity index (χ0) is 15.6. The first kappa shape index (κ1) is 15.2. The number of alkyl carbamates (subject to hydrolysis) is 1. The zero-order valence-corrected chi connectivity index (χ0v) is 12.1. The van der Waals surface area contributed by atoms with Crippen LogP contribution in [0, 0.1) is 11.6 Å². The molecule has 1 aromatic heterocycles. The number of ether oxygens (including phenoxy) is 1. The second-order valence-electron chi connectivity index (χ2n) is 5.65. The van der Waals surface area contributed by atoms with E-state index in [1.165, 1.54) is 0 Å². The van der Waals surface area contributed by atoms with Crippen molar-refractivity contribution in [2.24, 2.45) is 0 Å². The van der Waals surface area contributed by atoms with E-state index < -0.39 is 23.3 Å². The predicted octanol–water partition coefficient (Wildman–Crippen LogP) is 2.91. The van der Waals surface area contributed by atoms with E-state index in [1.807, 2.05) is 0 Å². The normalized spacial score (nSPS) is 11.7. The summed E-state index contributed by atoms with van der Waals surface area (Å²) in [6.07, 6.45) is -0.118. The van der Waals surface area contributed by atoms with Gasteiger partial charge in [0, 0.05) is 25.1 Å². The number of imidazole rings is 1. The maximum Gasteiger partial charge on any atom is 0.407 e. The number of fused-ring (bicyclic) bond motifs is 1. The molecule has 114 valence electrons. The molecule has 0 unspecified atom stereocenters. The van der Waals surface area contributed by atoms with Crippen molar-refractivity contribution in [1.82, 2.24) is 15.3 Å². The molecule has 0 atom stereocenters. The Hall–Kier alpha value is -2.18. The standard InChI is InChI=1S/C14H17F2N3O2/c1-14(2,3)21-13(20)17-5-4-12-18-10-6-8(15)9(16)7-11(10)19-12/h6-7H,4-5H2,1-3H3,(H,17,20)(H,18,19). The van der Waals surface area contributed by atoms with Gasteiger partial charge in [0.05, 0.1) is 11.0 Å². The average molecular weight is 297 g/mol. The first-order valence-electron chi connectivity index (χ1n) is 6.55. The first-order chi connectivity index (χ1) is 9.74. The van der Waals surface area contributed by atoms with Gasteiger partial charge in [-0.3, -0.25) is 0 Å². The highest BCUT2D eigenvalue weighted by molar-refractivity contribution is 5.75. The average Bonchev–Trinajstić information content (AvgIpc) is 2.69. The third-order valence-electron chi connectivity index (χ3n) is 2.60. The number of carbonyl (C=O) groups is 1. The van der Waals surface area contributed by atoms with Gasteiger partial charge in [-0.05, 0) is 20.8 Å². The number of hydrogen-bond donors (Lipinski definition) is 2.